The molecular weight excluding hydrogens is 496 g/mol. The molecule has 2 heterocycles. The number of anilines is 1. The van der Waals surface area contributed by atoms with Gasteiger partial charge >= 0.3 is 0 Å². The van der Waals surface area contributed by atoms with Crippen molar-refractivity contribution in [2.45, 2.75) is 57.5 Å². The van der Waals surface area contributed by atoms with Crippen molar-refractivity contribution in [2.24, 2.45) is 0 Å². The Kier molecular flexibility index (Phi) is 8.16. The Labute approximate surface area is 228 Å². The maximum absolute atomic E-state index is 13.8. The summed E-state index contributed by atoms with van der Waals surface area (Å²) in [5, 5.41) is 17.5. The molecular formula is C30H36N4O5. The molecule has 9 nitrogen and oxygen atoms in total. The molecule has 206 valence electrons. The number of para-hydroxylation sites is 1. The van der Waals surface area contributed by atoms with Gasteiger partial charge in [-0.05, 0) is 37.0 Å². The Hall–Kier alpha value is -3.85. The second-order valence-corrected chi connectivity index (χ2v) is 10.3. The normalized spacial score (nSPS) is 19.4. The number of nitrogens with zero attached hydrogens (tertiary/aromatic N) is 2. The summed E-state index contributed by atoms with van der Waals surface area (Å²) in [4.78, 5) is 43.7. The predicted molar refractivity (Wildman–Crippen MR) is 147 cm³/mol. The predicted octanol–water partition coefficient (Wildman–Crippen LogP) is 3.93. The van der Waals surface area contributed by atoms with Crippen LogP contribution in [0, 0.1) is 0 Å². The molecule has 0 spiro atoms. The van der Waals surface area contributed by atoms with E-state index in [0.717, 1.165) is 37.7 Å². The first-order valence-electron chi connectivity index (χ1n) is 13.9. The van der Waals surface area contributed by atoms with E-state index in [9.17, 15) is 19.5 Å². The van der Waals surface area contributed by atoms with Crippen LogP contribution in [0.5, 0.6) is 5.75 Å². The Bertz CT molecular complexity index is 1250. The molecule has 0 unspecified atom stereocenters. The summed E-state index contributed by atoms with van der Waals surface area (Å²) in [5.74, 6) is -1.34. The number of morpholine rings is 1. The van der Waals surface area contributed by atoms with E-state index in [4.69, 9.17) is 4.74 Å². The molecule has 2 aliphatic heterocycles. The summed E-state index contributed by atoms with van der Waals surface area (Å²) in [5.41, 5.74) is 1.61. The molecule has 0 radical (unpaired) electrons. The second kappa shape index (κ2) is 11.9. The molecule has 2 fully saturated rings. The molecule has 3 amide bonds. The van der Waals surface area contributed by atoms with Gasteiger partial charge in [0.05, 0.1) is 30.5 Å². The summed E-state index contributed by atoms with van der Waals surface area (Å²) in [6.45, 7) is 3.79. The standard InChI is InChI=1S/C30H36N4O5/c1-2-23(20-10-5-3-6-11-20)31-25-26(30(38)34(29(25)37)21-12-7-4-8-13-21)32-24-15-9-14-22(27(24)35)28(36)33-16-18-39-19-17-33/h3,5-6,9-11,14-15,21,23,31-32,35H,2,4,7-8,12-13,16-19H2,1H3/t23-/m1/s1. The number of amides is 3. The van der Waals surface area contributed by atoms with Crippen molar-refractivity contribution in [3.05, 3.63) is 71.1 Å². The number of carbonyl (C=O) groups excluding carboxylic acids is 3. The van der Waals surface area contributed by atoms with E-state index in [1.165, 1.54) is 4.90 Å². The topological polar surface area (TPSA) is 111 Å². The number of imide groups is 1. The van der Waals surface area contributed by atoms with E-state index in [0.29, 0.717) is 32.7 Å². The first-order valence-corrected chi connectivity index (χ1v) is 13.9. The summed E-state index contributed by atoms with van der Waals surface area (Å²) in [7, 11) is 0. The first-order chi connectivity index (χ1) is 19.0. The van der Waals surface area contributed by atoms with Crippen LogP contribution in [0.2, 0.25) is 0 Å². The molecule has 1 aliphatic carbocycles. The van der Waals surface area contributed by atoms with Gasteiger partial charge in [-0.15, -0.1) is 0 Å². The Morgan fingerprint density at radius 2 is 1.67 bits per heavy atom. The second-order valence-electron chi connectivity index (χ2n) is 10.3. The number of benzene rings is 2. The van der Waals surface area contributed by atoms with E-state index in [1.54, 1.807) is 23.1 Å². The zero-order valence-electron chi connectivity index (χ0n) is 22.3. The van der Waals surface area contributed by atoms with Crippen molar-refractivity contribution in [2.75, 3.05) is 31.6 Å². The van der Waals surface area contributed by atoms with Gasteiger partial charge in [-0.3, -0.25) is 19.3 Å². The van der Waals surface area contributed by atoms with E-state index in [1.807, 2.05) is 37.3 Å². The van der Waals surface area contributed by atoms with Gasteiger partial charge in [-0.25, -0.2) is 0 Å². The SMILES string of the molecule is CC[C@@H](NC1=C(Nc2cccc(C(=O)N3CCOCC3)c2O)C(=O)N(C2CCCCC2)C1=O)c1ccccc1. The fourth-order valence-electron chi connectivity index (χ4n) is 5.64. The van der Waals surface area contributed by atoms with Crippen LogP contribution in [0.4, 0.5) is 5.69 Å². The minimum atomic E-state index is -0.415. The van der Waals surface area contributed by atoms with Crippen molar-refractivity contribution in [3.8, 4) is 5.75 Å². The van der Waals surface area contributed by atoms with Crippen LogP contribution in [-0.4, -0.2) is 65.0 Å². The maximum Gasteiger partial charge on any atom is 0.279 e. The van der Waals surface area contributed by atoms with Crippen LogP contribution >= 0.6 is 0 Å². The summed E-state index contributed by atoms with van der Waals surface area (Å²) >= 11 is 0. The smallest absolute Gasteiger partial charge is 0.279 e. The van der Waals surface area contributed by atoms with E-state index in [-0.39, 0.29) is 52.3 Å². The van der Waals surface area contributed by atoms with Crippen molar-refractivity contribution in [1.29, 1.82) is 0 Å². The maximum atomic E-state index is 13.8. The molecule has 1 saturated carbocycles. The molecule has 0 aromatic heterocycles. The fraction of sp³-hybridized carbons (Fsp3) is 0.433. The molecule has 1 saturated heterocycles. The van der Waals surface area contributed by atoms with Gasteiger partial charge in [0, 0.05) is 19.1 Å². The number of rotatable bonds is 8. The largest absolute Gasteiger partial charge is 0.505 e. The number of phenols is 1. The number of carbonyl (C=O) groups is 3. The Morgan fingerprint density at radius 3 is 2.36 bits per heavy atom. The highest BCUT2D eigenvalue weighted by Crippen LogP contribution is 2.35. The van der Waals surface area contributed by atoms with E-state index in [2.05, 4.69) is 10.6 Å². The summed E-state index contributed by atoms with van der Waals surface area (Å²) in [6.07, 6.45) is 5.30. The molecule has 5 rings (SSSR count). The molecule has 2 aromatic rings. The zero-order chi connectivity index (χ0) is 27.4. The van der Waals surface area contributed by atoms with E-state index < -0.39 is 5.91 Å². The summed E-state index contributed by atoms with van der Waals surface area (Å²) < 4.78 is 5.34. The van der Waals surface area contributed by atoms with Crippen LogP contribution in [0.1, 0.15) is 67.4 Å². The molecule has 2 aromatic carbocycles. The average Bonchev–Trinajstić information content (AvgIpc) is 3.21. The Morgan fingerprint density at radius 1 is 0.974 bits per heavy atom. The lowest BCUT2D eigenvalue weighted by Gasteiger charge is -2.30. The quantitative estimate of drug-likeness (QED) is 0.349. The highest BCUT2D eigenvalue weighted by atomic mass is 16.5. The monoisotopic (exact) mass is 532 g/mol. The van der Waals surface area contributed by atoms with Crippen LogP contribution in [-0.2, 0) is 14.3 Å². The van der Waals surface area contributed by atoms with Gasteiger partial charge < -0.3 is 25.4 Å². The minimum absolute atomic E-state index is 0.0891. The van der Waals surface area contributed by atoms with Gasteiger partial charge in [-0.1, -0.05) is 62.6 Å². The van der Waals surface area contributed by atoms with Crippen LogP contribution < -0.4 is 10.6 Å². The van der Waals surface area contributed by atoms with Crippen LogP contribution in [0.3, 0.4) is 0 Å². The third-order valence-corrected chi connectivity index (χ3v) is 7.81. The first kappa shape index (κ1) is 26.7. The molecule has 1 atom stereocenters. The zero-order valence-corrected chi connectivity index (χ0v) is 22.3. The lowest BCUT2D eigenvalue weighted by Crippen LogP contribution is -2.43. The molecule has 3 aliphatic rings. The van der Waals surface area contributed by atoms with Crippen molar-refractivity contribution < 1.29 is 24.2 Å². The van der Waals surface area contributed by atoms with Crippen molar-refractivity contribution >= 4 is 23.4 Å². The number of aromatic hydroxyl groups is 1. The van der Waals surface area contributed by atoms with Crippen LogP contribution in [0.25, 0.3) is 0 Å². The lowest BCUT2D eigenvalue weighted by molar-refractivity contribution is -0.141. The third-order valence-electron chi connectivity index (χ3n) is 7.81. The van der Waals surface area contributed by atoms with Gasteiger partial charge in [0.15, 0.2) is 5.75 Å². The highest BCUT2D eigenvalue weighted by Gasteiger charge is 2.43. The van der Waals surface area contributed by atoms with Gasteiger partial charge in [-0.2, -0.15) is 0 Å². The average molecular weight is 533 g/mol. The fourth-order valence-corrected chi connectivity index (χ4v) is 5.64. The highest BCUT2D eigenvalue weighted by molar-refractivity contribution is 6.20. The Balaban J connectivity index is 1.48. The number of phenolic OH excluding ortho intramolecular Hbond substituents is 1. The molecule has 0 bridgehead atoms. The number of nitrogens with one attached hydrogen (secondary N) is 2. The third kappa shape index (κ3) is 5.49. The number of hydrogen-bond donors (Lipinski definition) is 3. The van der Waals surface area contributed by atoms with Gasteiger partial charge in [0.1, 0.15) is 11.4 Å². The molecule has 9 heteroatoms. The number of ether oxygens (including phenoxy) is 1. The van der Waals surface area contributed by atoms with E-state index >= 15 is 0 Å². The summed E-state index contributed by atoms with van der Waals surface area (Å²) in [6, 6.07) is 14.3. The van der Waals surface area contributed by atoms with Crippen LogP contribution in [0.15, 0.2) is 59.9 Å². The number of hydrogen-bond acceptors (Lipinski definition) is 7. The minimum Gasteiger partial charge on any atom is -0.505 e. The molecule has 3 N–H and O–H groups in total. The van der Waals surface area contributed by atoms with Gasteiger partial charge in [0.25, 0.3) is 17.7 Å². The molecule has 39 heavy (non-hydrogen) atoms. The van der Waals surface area contributed by atoms with Crippen molar-refractivity contribution in [3.63, 3.8) is 0 Å². The lowest BCUT2D eigenvalue weighted by atomic mass is 9.94. The van der Waals surface area contributed by atoms with Gasteiger partial charge in [0.2, 0.25) is 0 Å². The van der Waals surface area contributed by atoms with Crippen molar-refractivity contribution in [1.82, 2.24) is 15.1 Å².